The number of aromatic nitrogens is 5. The molecular formula is C38H41F4N7O5. The lowest BCUT2D eigenvalue weighted by Crippen LogP contribution is -2.70. The molecule has 12 nitrogen and oxygen atoms in total. The van der Waals surface area contributed by atoms with Crippen LogP contribution in [0.15, 0.2) is 43.0 Å². The molecule has 9 rings (SSSR count). The molecule has 2 N–H and O–H groups in total. The molecule has 1 saturated heterocycles. The van der Waals surface area contributed by atoms with Gasteiger partial charge in [0, 0.05) is 62.5 Å². The van der Waals surface area contributed by atoms with Crippen molar-refractivity contribution in [1.29, 1.82) is 0 Å². The number of hydrogen-bond acceptors (Lipinski definition) is 9. The number of halogens is 4. The van der Waals surface area contributed by atoms with Crippen molar-refractivity contribution in [1.82, 2.24) is 29.8 Å². The van der Waals surface area contributed by atoms with Crippen LogP contribution in [-0.2, 0) is 15.7 Å². The van der Waals surface area contributed by atoms with E-state index in [0.717, 1.165) is 25.0 Å². The number of benzene rings is 1. The molecule has 5 fully saturated rings. The normalized spacial score (nSPS) is 25.9. The van der Waals surface area contributed by atoms with Gasteiger partial charge in [-0.1, -0.05) is 0 Å². The van der Waals surface area contributed by atoms with Crippen LogP contribution in [-0.4, -0.2) is 79.9 Å². The van der Waals surface area contributed by atoms with Gasteiger partial charge in [-0.25, -0.2) is 29.1 Å². The number of anilines is 1. The Morgan fingerprint density at radius 1 is 1.02 bits per heavy atom. The summed E-state index contributed by atoms with van der Waals surface area (Å²) in [5, 5.41) is 13.6. The van der Waals surface area contributed by atoms with Gasteiger partial charge in [-0.05, 0) is 74.8 Å². The predicted molar refractivity (Wildman–Crippen MR) is 187 cm³/mol. The Morgan fingerprint density at radius 3 is 2.30 bits per heavy atom. The highest BCUT2D eigenvalue weighted by Crippen LogP contribution is 2.58. The summed E-state index contributed by atoms with van der Waals surface area (Å²) in [6.45, 7) is 3.43. The first-order chi connectivity index (χ1) is 25.8. The minimum Gasteiger partial charge on any atom is -0.490 e. The van der Waals surface area contributed by atoms with Crippen LogP contribution in [0.2, 0.25) is 0 Å². The number of carboxylic acid groups (broad SMARTS) is 1. The van der Waals surface area contributed by atoms with Crippen LogP contribution in [0.25, 0.3) is 22.3 Å². The molecule has 1 aromatic carbocycles. The molecule has 1 atom stereocenters. The zero-order chi connectivity index (χ0) is 37.9. The monoisotopic (exact) mass is 751 g/mol. The fraction of sp³-hybridized carbons (Fsp3) is 0.526. The number of nitrogens with one attached hydrogen (secondary N) is 1. The summed E-state index contributed by atoms with van der Waals surface area (Å²) in [5.41, 5.74) is -2.91. The Balaban J connectivity index is 1.08. The van der Waals surface area contributed by atoms with Crippen molar-refractivity contribution in [3.8, 4) is 17.1 Å². The number of ether oxygens (including phenoxy) is 2. The second-order valence-corrected chi connectivity index (χ2v) is 15.3. The van der Waals surface area contributed by atoms with Gasteiger partial charge in [-0.2, -0.15) is 13.2 Å². The van der Waals surface area contributed by atoms with Gasteiger partial charge in [0.25, 0.3) is 5.91 Å². The van der Waals surface area contributed by atoms with Crippen molar-refractivity contribution < 1.29 is 41.7 Å². The van der Waals surface area contributed by atoms with Gasteiger partial charge < -0.3 is 29.4 Å². The minimum atomic E-state index is -5.04. The summed E-state index contributed by atoms with van der Waals surface area (Å²) in [7, 11) is 1.56. The summed E-state index contributed by atoms with van der Waals surface area (Å²) < 4.78 is 71.1. The Hall–Kier alpha value is -4.86. The molecule has 1 aliphatic heterocycles. The third-order valence-corrected chi connectivity index (χ3v) is 12.0. The molecule has 4 aliphatic carbocycles. The summed E-state index contributed by atoms with van der Waals surface area (Å²) in [4.78, 5) is 44.9. The average molecular weight is 752 g/mol. The van der Waals surface area contributed by atoms with E-state index in [1.54, 1.807) is 25.4 Å². The number of nitrogens with zero attached hydrogens (tertiary/aromatic N) is 6. The van der Waals surface area contributed by atoms with Gasteiger partial charge in [-0.3, -0.25) is 4.79 Å². The fourth-order valence-corrected chi connectivity index (χ4v) is 9.69. The maximum Gasteiger partial charge on any atom is 0.434 e. The lowest BCUT2D eigenvalue weighted by Gasteiger charge is -2.59. The van der Waals surface area contributed by atoms with Crippen molar-refractivity contribution in [2.45, 2.75) is 75.7 Å². The second kappa shape index (κ2) is 13.8. The van der Waals surface area contributed by atoms with E-state index < -0.39 is 40.7 Å². The summed E-state index contributed by atoms with van der Waals surface area (Å²) in [5.74, 6) is -2.01. The Morgan fingerprint density at radius 2 is 1.69 bits per heavy atom. The van der Waals surface area contributed by atoms with E-state index in [9.17, 15) is 32.3 Å². The third-order valence-electron chi connectivity index (χ3n) is 12.0. The number of fused-ring (bicyclic) bond motifs is 1. The van der Waals surface area contributed by atoms with Crippen LogP contribution in [0.1, 0.15) is 74.0 Å². The molecule has 3 aromatic heterocycles. The summed E-state index contributed by atoms with van der Waals surface area (Å²) in [6, 6.07) is 5.08. The van der Waals surface area contributed by atoms with E-state index >= 15 is 0 Å². The van der Waals surface area contributed by atoms with Crippen LogP contribution in [0, 0.1) is 29.5 Å². The molecular weight excluding hydrogens is 710 g/mol. The second-order valence-electron chi connectivity index (χ2n) is 15.3. The average Bonchev–Trinajstić information content (AvgIpc) is 3.52. The zero-order valence-corrected chi connectivity index (χ0v) is 29.9. The van der Waals surface area contributed by atoms with E-state index in [0.29, 0.717) is 98.2 Å². The molecule has 16 heteroatoms. The van der Waals surface area contributed by atoms with Gasteiger partial charge in [0.2, 0.25) is 5.95 Å². The van der Waals surface area contributed by atoms with Gasteiger partial charge in [0.15, 0.2) is 17.3 Å². The smallest absolute Gasteiger partial charge is 0.434 e. The molecule has 0 spiro atoms. The minimum absolute atomic E-state index is 0.131. The molecule has 1 amide bonds. The number of carbonyl (C=O) groups is 2. The van der Waals surface area contributed by atoms with Crippen LogP contribution in [0.5, 0.6) is 5.75 Å². The number of amides is 1. The molecule has 4 heterocycles. The number of carbonyl (C=O) groups excluding carboxylic acids is 1. The number of piperidine rings is 1. The lowest BCUT2D eigenvalue weighted by atomic mass is 9.48. The quantitative estimate of drug-likeness (QED) is 0.177. The first-order valence-electron chi connectivity index (χ1n) is 18.4. The van der Waals surface area contributed by atoms with Crippen LogP contribution >= 0.6 is 0 Å². The number of methoxy groups -OCH3 is 1. The fourth-order valence-electron chi connectivity index (χ4n) is 9.69. The Labute approximate surface area is 308 Å². The highest BCUT2D eigenvalue weighted by atomic mass is 19.4. The maximum absolute atomic E-state index is 14.7. The molecule has 0 radical (unpaired) electrons. The molecule has 54 heavy (non-hydrogen) atoms. The van der Waals surface area contributed by atoms with E-state index in [2.05, 4.69) is 25.3 Å². The van der Waals surface area contributed by atoms with Gasteiger partial charge in [-0.15, -0.1) is 0 Å². The topological polar surface area (TPSA) is 145 Å². The van der Waals surface area contributed by atoms with Crippen molar-refractivity contribution in [2.75, 3.05) is 31.7 Å². The number of alkyl halides is 3. The van der Waals surface area contributed by atoms with Crippen molar-refractivity contribution in [3.63, 3.8) is 0 Å². The van der Waals surface area contributed by atoms with Crippen molar-refractivity contribution in [3.05, 3.63) is 60.1 Å². The van der Waals surface area contributed by atoms with E-state index in [-0.39, 0.29) is 29.8 Å². The van der Waals surface area contributed by atoms with Crippen LogP contribution in [0.3, 0.4) is 0 Å². The Bertz CT molecular complexity index is 2040. The molecule has 286 valence electrons. The molecule has 4 aromatic rings. The van der Waals surface area contributed by atoms with Crippen LogP contribution in [0.4, 0.5) is 23.5 Å². The zero-order valence-electron chi connectivity index (χ0n) is 29.9. The molecule has 5 aliphatic rings. The highest BCUT2D eigenvalue weighted by molar-refractivity contribution is 6.00. The Kier molecular flexibility index (Phi) is 9.21. The molecule has 4 bridgehead atoms. The van der Waals surface area contributed by atoms with E-state index in [1.807, 2.05) is 22.5 Å². The van der Waals surface area contributed by atoms with Gasteiger partial charge >= 0.3 is 12.1 Å². The third kappa shape index (κ3) is 6.41. The lowest BCUT2D eigenvalue weighted by molar-refractivity contribution is -0.163. The summed E-state index contributed by atoms with van der Waals surface area (Å²) >= 11 is 0. The van der Waals surface area contributed by atoms with E-state index in [4.69, 9.17) is 9.47 Å². The van der Waals surface area contributed by atoms with Crippen LogP contribution < -0.4 is 15.0 Å². The maximum atomic E-state index is 14.7. The standard InChI is InChI=1S/C38H41F4N7O5/c1-20(19-53-2)49-18-30(28-4-3-27(14-31(28)49)54-26-5-7-48(8-6-26)36-44-15-25(39)16-45-36)33-43-17-29(32(46-33)38(40,41)42)34(50)47-37(35(51)52)23-10-21-9-22(12-23)13-24(37)11-21/h3-4,14-18,20-24,26H,5-13,19H2,1-2H3,(H,47,50)(H,51,52). The number of rotatable bonds is 10. The van der Waals surface area contributed by atoms with E-state index in [1.165, 1.54) is 0 Å². The summed E-state index contributed by atoms with van der Waals surface area (Å²) in [6.07, 6.45) is 4.51. The first-order valence-corrected chi connectivity index (χ1v) is 18.4. The molecule has 4 saturated carbocycles. The van der Waals surface area contributed by atoms with Gasteiger partial charge in [0.05, 0.1) is 36.1 Å². The first kappa shape index (κ1) is 36.1. The SMILES string of the molecule is COCC(C)n1cc(-c2ncc(C(=O)NC3(C(=O)O)C4CC5CC(C4)CC3C5)c(C(F)(F)F)n2)c2ccc(OC3CCN(c4ncc(F)cn4)CC3)cc21. The number of aliphatic carboxylic acids is 1. The largest absolute Gasteiger partial charge is 0.490 e. The predicted octanol–water partition coefficient (Wildman–Crippen LogP) is 6.31. The number of carboxylic acids is 1. The number of hydrogen-bond donors (Lipinski definition) is 2. The van der Waals surface area contributed by atoms with Crippen molar-refractivity contribution >= 4 is 28.7 Å². The molecule has 1 unspecified atom stereocenters. The van der Waals surface area contributed by atoms with Gasteiger partial charge in [0.1, 0.15) is 17.4 Å². The highest BCUT2D eigenvalue weighted by Gasteiger charge is 2.62. The van der Waals surface area contributed by atoms with Crippen molar-refractivity contribution in [2.24, 2.45) is 23.7 Å².